The summed E-state index contributed by atoms with van der Waals surface area (Å²) < 4.78 is 0. The van der Waals surface area contributed by atoms with E-state index >= 15 is 0 Å². The lowest BCUT2D eigenvalue weighted by Gasteiger charge is -2.23. The van der Waals surface area contributed by atoms with Crippen LogP contribution in [-0.2, 0) is 4.79 Å². The molecule has 0 aliphatic carbocycles. The van der Waals surface area contributed by atoms with Crippen LogP contribution in [0.5, 0.6) is 0 Å². The maximum atomic E-state index is 12.4. The van der Waals surface area contributed by atoms with Crippen molar-refractivity contribution in [3.05, 3.63) is 0 Å². The fourth-order valence-corrected chi connectivity index (χ4v) is 5.60. The molecule has 0 aromatic heterocycles. The summed E-state index contributed by atoms with van der Waals surface area (Å²) in [5.74, 6) is -0.471. The van der Waals surface area contributed by atoms with Gasteiger partial charge in [-0.2, -0.15) is 0 Å². The lowest BCUT2D eigenvalue weighted by molar-refractivity contribution is -0.131. The molecule has 0 saturated heterocycles. The number of carbonyl (C=O) groups excluding carboxylic acids is 1. The molecule has 5 heteroatoms. The van der Waals surface area contributed by atoms with Gasteiger partial charge in [0.15, 0.2) is 0 Å². The van der Waals surface area contributed by atoms with Gasteiger partial charge in [0, 0.05) is 0 Å². The Balaban J connectivity index is 3.62. The molecule has 0 aliphatic heterocycles. The Bertz CT molecular complexity index is 516. The van der Waals surface area contributed by atoms with E-state index in [1.165, 1.54) is 135 Å². The highest BCUT2D eigenvalue weighted by Gasteiger charge is 2.23. The van der Waals surface area contributed by atoms with Crippen LogP contribution < -0.4 is 5.32 Å². The number of carbonyl (C=O) groups is 1. The Morgan fingerprint density at radius 2 is 0.800 bits per heavy atom. The molecule has 0 fully saturated rings. The average molecular weight is 570 g/mol. The van der Waals surface area contributed by atoms with Gasteiger partial charge >= 0.3 is 0 Å². The highest BCUT2D eigenvalue weighted by Crippen LogP contribution is 2.16. The predicted octanol–water partition coefficient (Wildman–Crippen LogP) is 9.15. The van der Waals surface area contributed by atoms with Gasteiger partial charge in [-0.3, -0.25) is 4.79 Å². The normalized spacial score (nSPS) is 13.8. The van der Waals surface area contributed by atoms with Crippen LogP contribution in [0, 0.1) is 0 Å². The average Bonchev–Trinajstić information content (AvgIpc) is 2.96. The minimum atomic E-state index is -1.06. The lowest BCUT2D eigenvalue weighted by atomic mass is 10.0. The molecule has 5 nitrogen and oxygen atoms in total. The first-order valence-electron chi connectivity index (χ1n) is 17.8. The number of hydrogen-bond donors (Lipinski definition) is 4. The third-order valence-electron chi connectivity index (χ3n) is 8.48. The van der Waals surface area contributed by atoms with Crippen molar-refractivity contribution in [3.63, 3.8) is 0 Å². The molecule has 4 N–H and O–H groups in total. The maximum absolute atomic E-state index is 12.4. The summed E-state index contributed by atoms with van der Waals surface area (Å²) in [4.78, 5) is 12.4. The van der Waals surface area contributed by atoms with Gasteiger partial charge in [-0.15, -0.1) is 0 Å². The number of nitrogens with one attached hydrogen (secondary N) is 1. The zero-order valence-electron chi connectivity index (χ0n) is 27.0. The zero-order chi connectivity index (χ0) is 29.5. The van der Waals surface area contributed by atoms with Crippen LogP contribution in [0.4, 0.5) is 0 Å². The Morgan fingerprint density at radius 3 is 1.12 bits per heavy atom. The molecule has 0 aromatic rings. The number of unbranched alkanes of at least 4 members (excludes halogenated alkanes) is 24. The SMILES string of the molecule is CCCCCCCCCCCCCCCCCCCC(O)C(=O)NC(CO)C(O)CCCCCCCCCCC. The van der Waals surface area contributed by atoms with Crippen molar-refractivity contribution >= 4 is 5.91 Å². The van der Waals surface area contributed by atoms with Crippen molar-refractivity contribution in [1.29, 1.82) is 0 Å². The van der Waals surface area contributed by atoms with E-state index in [0.29, 0.717) is 12.8 Å². The van der Waals surface area contributed by atoms with Gasteiger partial charge in [-0.05, 0) is 12.8 Å². The summed E-state index contributed by atoms with van der Waals surface area (Å²) >= 11 is 0. The monoisotopic (exact) mass is 570 g/mol. The largest absolute Gasteiger partial charge is 0.394 e. The molecule has 0 heterocycles. The van der Waals surface area contributed by atoms with E-state index in [1.54, 1.807) is 0 Å². The van der Waals surface area contributed by atoms with Crippen LogP contribution in [0.1, 0.15) is 194 Å². The van der Waals surface area contributed by atoms with Crippen LogP contribution >= 0.6 is 0 Å². The van der Waals surface area contributed by atoms with Crippen molar-refractivity contribution < 1.29 is 20.1 Å². The van der Waals surface area contributed by atoms with Crippen molar-refractivity contribution in [2.24, 2.45) is 0 Å². The summed E-state index contributed by atoms with van der Waals surface area (Å²) in [5.41, 5.74) is 0. The first-order chi connectivity index (χ1) is 19.6. The van der Waals surface area contributed by atoms with E-state index < -0.39 is 24.2 Å². The molecule has 3 unspecified atom stereocenters. The van der Waals surface area contributed by atoms with Crippen molar-refractivity contribution in [2.75, 3.05) is 6.61 Å². The second-order valence-electron chi connectivity index (χ2n) is 12.4. The van der Waals surface area contributed by atoms with E-state index in [4.69, 9.17) is 0 Å². The number of amides is 1. The second kappa shape index (κ2) is 31.3. The standard InChI is InChI=1S/C35H71NO4/c1-3-5-7-9-11-13-14-15-16-17-18-19-20-22-24-26-28-30-34(39)35(40)36-32(31-37)33(38)29-27-25-23-21-12-10-8-6-4-2/h32-34,37-39H,3-31H2,1-2H3,(H,36,40). The number of aliphatic hydroxyl groups is 3. The van der Waals surface area contributed by atoms with Gasteiger partial charge < -0.3 is 20.6 Å². The van der Waals surface area contributed by atoms with Gasteiger partial charge in [-0.25, -0.2) is 0 Å². The highest BCUT2D eigenvalue weighted by molar-refractivity contribution is 5.80. The van der Waals surface area contributed by atoms with E-state index in [1.807, 2.05) is 0 Å². The summed E-state index contributed by atoms with van der Waals surface area (Å²) in [6.45, 7) is 4.20. The van der Waals surface area contributed by atoms with E-state index in [-0.39, 0.29) is 6.61 Å². The number of aliphatic hydroxyl groups excluding tert-OH is 3. The van der Waals surface area contributed by atoms with E-state index in [0.717, 1.165) is 32.1 Å². The van der Waals surface area contributed by atoms with Gasteiger partial charge in [0.05, 0.1) is 18.8 Å². The summed E-state index contributed by atoms with van der Waals surface area (Å²) in [5, 5.41) is 33.0. The lowest BCUT2D eigenvalue weighted by Crippen LogP contribution is -2.49. The highest BCUT2D eigenvalue weighted by atomic mass is 16.3. The van der Waals surface area contributed by atoms with Crippen LogP contribution in [-0.4, -0.2) is 46.1 Å². The predicted molar refractivity (Wildman–Crippen MR) is 172 cm³/mol. The van der Waals surface area contributed by atoms with Crippen LogP contribution in [0.15, 0.2) is 0 Å². The van der Waals surface area contributed by atoms with Crippen molar-refractivity contribution in [2.45, 2.75) is 212 Å². The Morgan fingerprint density at radius 1 is 0.500 bits per heavy atom. The molecule has 3 atom stereocenters. The third kappa shape index (κ3) is 26.3. The quantitative estimate of drug-likeness (QED) is 0.0608. The summed E-state index contributed by atoms with van der Waals surface area (Å²) in [6, 6.07) is -0.702. The van der Waals surface area contributed by atoms with Crippen molar-refractivity contribution in [3.8, 4) is 0 Å². The zero-order valence-corrected chi connectivity index (χ0v) is 27.0. The van der Waals surface area contributed by atoms with Gasteiger partial charge in [0.1, 0.15) is 6.10 Å². The molecule has 0 rings (SSSR count). The van der Waals surface area contributed by atoms with Gasteiger partial charge in [0.2, 0.25) is 5.91 Å². The molecule has 0 radical (unpaired) electrons. The molecule has 1 amide bonds. The fraction of sp³-hybridized carbons (Fsp3) is 0.971. The molecule has 0 aromatic carbocycles. The fourth-order valence-electron chi connectivity index (χ4n) is 5.60. The Hall–Kier alpha value is -0.650. The number of hydrogen-bond acceptors (Lipinski definition) is 4. The third-order valence-corrected chi connectivity index (χ3v) is 8.48. The van der Waals surface area contributed by atoms with Crippen molar-refractivity contribution in [1.82, 2.24) is 5.32 Å². The molecule has 240 valence electrons. The molecule has 0 spiro atoms. The minimum Gasteiger partial charge on any atom is -0.394 e. The first kappa shape index (κ1) is 39.4. The van der Waals surface area contributed by atoms with Crippen LogP contribution in [0.2, 0.25) is 0 Å². The Labute approximate surface area is 249 Å². The molecule has 0 aliphatic rings. The Kier molecular flexibility index (Phi) is 30.8. The molecule has 0 bridgehead atoms. The van der Waals surface area contributed by atoms with E-state index in [2.05, 4.69) is 19.2 Å². The second-order valence-corrected chi connectivity index (χ2v) is 12.4. The van der Waals surface area contributed by atoms with Crippen LogP contribution in [0.25, 0.3) is 0 Å². The summed E-state index contributed by atoms with van der Waals surface area (Å²) in [6.07, 6.45) is 32.3. The smallest absolute Gasteiger partial charge is 0.249 e. The molecular formula is C35H71NO4. The van der Waals surface area contributed by atoms with Gasteiger partial charge in [0.25, 0.3) is 0 Å². The minimum absolute atomic E-state index is 0.309. The maximum Gasteiger partial charge on any atom is 0.249 e. The van der Waals surface area contributed by atoms with Crippen LogP contribution in [0.3, 0.4) is 0 Å². The topological polar surface area (TPSA) is 89.8 Å². The molecular weight excluding hydrogens is 498 g/mol. The van der Waals surface area contributed by atoms with E-state index in [9.17, 15) is 20.1 Å². The molecule has 40 heavy (non-hydrogen) atoms. The van der Waals surface area contributed by atoms with Gasteiger partial charge in [-0.1, -0.05) is 181 Å². The molecule has 0 saturated carbocycles. The summed E-state index contributed by atoms with van der Waals surface area (Å²) in [7, 11) is 0. The number of rotatable bonds is 32. The first-order valence-corrected chi connectivity index (χ1v) is 17.8.